The van der Waals surface area contributed by atoms with Crippen molar-refractivity contribution >= 4 is 18.4 Å². The van der Waals surface area contributed by atoms with Crippen LogP contribution < -0.4 is 0 Å². The zero-order chi connectivity index (χ0) is 6.85. The largest absolute Gasteiger partial charge is 0.478 e. The van der Waals surface area contributed by atoms with E-state index in [9.17, 15) is 4.79 Å². The summed E-state index contributed by atoms with van der Waals surface area (Å²) in [6.07, 6.45) is 2.76. The van der Waals surface area contributed by atoms with Gasteiger partial charge in [0.15, 0.2) is 0 Å². The van der Waals surface area contributed by atoms with Crippen LogP contribution in [0.5, 0.6) is 0 Å². The average molecular weight is 163 g/mol. The molecular formula is C7H11ClO2. The number of carboxylic acids is 1. The molecule has 1 aliphatic rings. The lowest BCUT2D eigenvalue weighted by Crippen LogP contribution is -1.98. The molecule has 0 amide bonds. The van der Waals surface area contributed by atoms with Crippen LogP contribution in [0.1, 0.15) is 26.2 Å². The van der Waals surface area contributed by atoms with Gasteiger partial charge in [0.05, 0.1) is 0 Å². The van der Waals surface area contributed by atoms with Crippen LogP contribution in [-0.4, -0.2) is 11.1 Å². The van der Waals surface area contributed by atoms with E-state index in [1.807, 2.05) is 6.92 Å². The van der Waals surface area contributed by atoms with Gasteiger partial charge >= 0.3 is 5.97 Å². The molecule has 0 atom stereocenters. The van der Waals surface area contributed by atoms with Gasteiger partial charge in [0.2, 0.25) is 0 Å². The maximum atomic E-state index is 10.4. The van der Waals surface area contributed by atoms with E-state index >= 15 is 0 Å². The molecule has 3 heteroatoms. The van der Waals surface area contributed by atoms with Crippen LogP contribution in [0.15, 0.2) is 11.1 Å². The fourth-order valence-corrected chi connectivity index (χ4v) is 1.18. The second-order valence-electron chi connectivity index (χ2n) is 2.42. The predicted octanol–water partition coefficient (Wildman–Crippen LogP) is 1.99. The normalized spacial score (nSPS) is 16.9. The summed E-state index contributed by atoms with van der Waals surface area (Å²) in [5.41, 5.74) is 1.69. The number of hydrogen-bond donors (Lipinski definition) is 1. The van der Waals surface area contributed by atoms with Crippen molar-refractivity contribution in [1.29, 1.82) is 0 Å². The van der Waals surface area contributed by atoms with E-state index < -0.39 is 5.97 Å². The standard InChI is InChI=1S/C7H10O2.ClH/c1-5-3-2-4-6(5)7(8)9;/h2-4H2,1H3,(H,8,9);1H. The molecule has 0 aromatic heterocycles. The molecule has 10 heavy (non-hydrogen) atoms. The molecule has 1 aliphatic carbocycles. The minimum atomic E-state index is -0.731. The molecule has 0 aliphatic heterocycles. The molecule has 2 nitrogen and oxygen atoms in total. The molecule has 0 unspecified atom stereocenters. The summed E-state index contributed by atoms with van der Waals surface area (Å²) in [6.45, 7) is 1.90. The Morgan fingerprint density at radius 3 is 2.30 bits per heavy atom. The maximum Gasteiger partial charge on any atom is 0.331 e. The van der Waals surface area contributed by atoms with Gasteiger partial charge in [-0.05, 0) is 26.2 Å². The van der Waals surface area contributed by atoms with Crippen molar-refractivity contribution in [2.24, 2.45) is 0 Å². The maximum absolute atomic E-state index is 10.4. The van der Waals surface area contributed by atoms with E-state index in [0.717, 1.165) is 24.8 Å². The number of rotatable bonds is 1. The summed E-state index contributed by atoms with van der Waals surface area (Å²) in [4.78, 5) is 10.4. The Kier molecular flexibility index (Phi) is 3.43. The number of hydrogen-bond acceptors (Lipinski definition) is 1. The Morgan fingerprint density at radius 2 is 2.10 bits per heavy atom. The summed E-state index contributed by atoms with van der Waals surface area (Å²) < 4.78 is 0. The van der Waals surface area contributed by atoms with Gasteiger partial charge in [0.1, 0.15) is 0 Å². The van der Waals surface area contributed by atoms with Crippen molar-refractivity contribution in [2.45, 2.75) is 26.2 Å². The number of carboxylic acid groups (broad SMARTS) is 1. The third-order valence-electron chi connectivity index (χ3n) is 1.75. The molecular weight excluding hydrogens is 152 g/mol. The minimum absolute atomic E-state index is 0. The summed E-state index contributed by atoms with van der Waals surface area (Å²) in [5.74, 6) is -0.731. The molecule has 0 heterocycles. The lowest BCUT2D eigenvalue weighted by molar-refractivity contribution is -0.132. The smallest absolute Gasteiger partial charge is 0.331 e. The van der Waals surface area contributed by atoms with Gasteiger partial charge in [-0.25, -0.2) is 4.79 Å². The summed E-state index contributed by atoms with van der Waals surface area (Å²) in [5, 5.41) is 8.53. The monoisotopic (exact) mass is 162 g/mol. The van der Waals surface area contributed by atoms with Crippen molar-refractivity contribution < 1.29 is 9.90 Å². The highest BCUT2D eigenvalue weighted by Gasteiger charge is 2.15. The first-order valence-corrected chi connectivity index (χ1v) is 3.13. The molecule has 0 aromatic carbocycles. The van der Waals surface area contributed by atoms with Crippen LogP contribution in [0.4, 0.5) is 0 Å². The molecule has 0 radical (unpaired) electrons. The van der Waals surface area contributed by atoms with Crippen molar-refractivity contribution in [1.82, 2.24) is 0 Å². The van der Waals surface area contributed by atoms with Crippen LogP contribution in [0, 0.1) is 0 Å². The van der Waals surface area contributed by atoms with Crippen molar-refractivity contribution in [2.75, 3.05) is 0 Å². The number of aliphatic carboxylic acids is 1. The molecule has 0 fully saturated rings. The first-order chi connectivity index (χ1) is 4.22. The Balaban J connectivity index is 0.000000810. The number of halogens is 1. The predicted molar refractivity (Wildman–Crippen MR) is 41.4 cm³/mol. The molecule has 1 N–H and O–H groups in total. The highest BCUT2D eigenvalue weighted by Crippen LogP contribution is 2.24. The minimum Gasteiger partial charge on any atom is -0.478 e. The zero-order valence-corrected chi connectivity index (χ0v) is 6.70. The van der Waals surface area contributed by atoms with Crippen LogP contribution in [0.3, 0.4) is 0 Å². The van der Waals surface area contributed by atoms with E-state index in [0.29, 0.717) is 5.57 Å². The lowest BCUT2D eigenvalue weighted by Gasteiger charge is -1.92. The third-order valence-corrected chi connectivity index (χ3v) is 1.75. The molecule has 0 spiro atoms. The topological polar surface area (TPSA) is 37.3 Å². The third kappa shape index (κ3) is 1.74. The quantitative estimate of drug-likeness (QED) is 0.641. The van der Waals surface area contributed by atoms with E-state index in [2.05, 4.69) is 0 Å². The first kappa shape index (κ1) is 9.50. The fraction of sp³-hybridized carbons (Fsp3) is 0.571. The summed E-state index contributed by atoms with van der Waals surface area (Å²) in [6, 6.07) is 0. The Morgan fingerprint density at radius 1 is 1.50 bits per heavy atom. The number of allylic oxidation sites excluding steroid dienone is 1. The van der Waals surface area contributed by atoms with Crippen LogP contribution in [0.2, 0.25) is 0 Å². The lowest BCUT2D eigenvalue weighted by atomic mass is 10.2. The van der Waals surface area contributed by atoms with Crippen LogP contribution in [-0.2, 0) is 4.79 Å². The van der Waals surface area contributed by atoms with Crippen molar-refractivity contribution in [3.63, 3.8) is 0 Å². The van der Waals surface area contributed by atoms with E-state index in [1.54, 1.807) is 0 Å². The number of carbonyl (C=O) groups is 1. The van der Waals surface area contributed by atoms with E-state index in [1.165, 1.54) is 0 Å². The Hall–Kier alpha value is -0.500. The first-order valence-electron chi connectivity index (χ1n) is 3.13. The molecule has 1 rings (SSSR count). The Bertz CT molecular complexity index is 172. The molecule has 0 bridgehead atoms. The van der Waals surface area contributed by atoms with Gasteiger partial charge in [-0.3, -0.25) is 0 Å². The summed E-state index contributed by atoms with van der Waals surface area (Å²) in [7, 11) is 0. The van der Waals surface area contributed by atoms with Gasteiger partial charge in [0, 0.05) is 5.57 Å². The van der Waals surface area contributed by atoms with Gasteiger partial charge in [-0.2, -0.15) is 0 Å². The van der Waals surface area contributed by atoms with Gasteiger partial charge < -0.3 is 5.11 Å². The van der Waals surface area contributed by atoms with E-state index in [-0.39, 0.29) is 12.4 Å². The Labute approximate surface area is 66.3 Å². The highest BCUT2D eigenvalue weighted by atomic mass is 35.5. The second kappa shape index (κ2) is 3.62. The van der Waals surface area contributed by atoms with Crippen molar-refractivity contribution in [3.05, 3.63) is 11.1 Å². The SMILES string of the molecule is CC1=C(C(=O)O)CCC1.Cl. The summed E-state index contributed by atoms with van der Waals surface area (Å²) >= 11 is 0. The van der Waals surface area contributed by atoms with Crippen LogP contribution >= 0.6 is 12.4 Å². The molecule has 0 saturated carbocycles. The second-order valence-corrected chi connectivity index (χ2v) is 2.42. The average Bonchev–Trinajstić information content (AvgIpc) is 2.13. The fourth-order valence-electron chi connectivity index (χ4n) is 1.18. The molecule has 0 aromatic rings. The van der Waals surface area contributed by atoms with Crippen molar-refractivity contribution in [3.8, 4) is 0 Å². The van der Waals surface area contributed by atoms with Crippen LogP contribution in [0.25, 0.3) is 0 Å². The van der Waals surface area contributed by atoms with E-state index in [4.69, 9.17) is 5.11 Å². The zero-order valence-electron chi connectivity index (χ0n) is 5.89. The van der Waals surface area contributed by atoms with Gasteiger partial charge in [0.25, 0.3) is 0 Å². The molecule has 0 saturated heterocycles. The van der Waals surface area contributed by atoms with Gasteiger partial charge in [-0.1, -0.05) is 5.57 Å². The molecule has 58 valence electrons. The van der Waals surface area contributed by atoms with Gasteiger partial charge in [-0.15, -0.1) is 12.4 Å². The highest BCUT2D eigenvalue weighted by molar-refractivity contribution is 5.87.